The maximum absolute atomic E-state index is 12.3. The number of carbonyl (C=O) groups excluding carboxylic acids is 2. The lowest BCUT2D eigenvalue weighted by Crippen LogP contribution is -2.40. The van der Waals surface area contributed by atoms with Crippen LogP contribution in [0.2, 0.25) is 0 Å². The molecule has 2 amide bonds. The van der Waals surface area contributed by atoms with Crippen molar-refractivity contribution in [2.45, 2.75) is 26.8 Å². The largest absolute Gasteiger partial charge is 0.346 e. The lowest BCUT2D eigenvalue weighted by molar-refractivity contribution is -0.125. The molecule has 1 aromatic heterocycles. The van der Waals surface area contributed by atoms with Gasteiger partial charge in [-0.3, -0.25) is 14.5 Å². The Hall–Kier alpha value is -2.77. The van der Waals surface area contributed by atoms with Gasteiger partial charge in [-0.05, 0) is 51.1 Å². The number of hydrogen-bond donors (Lipinski definition) is 2. The van der Waals surface area contributed by atoms with Gasteiger partial charge in [0.15, 0.2) is 0 Å². The minimum Gasteiger partial charge on any atom is -0.346 e. The minimum absolute atomic E-state index is 0.00148. The molecule has 0 aliphatic carbocycles. The lowest BCUT2D eigenvalue weighted by atomic mass is 10.1. The Morgan fingerprint density at radius 3 is 2.45 bits per heavy atom. The van der Waals surface area contributed by atoms with Gasteiger partial charge in [0.2, 0.25) is 11.8 Å². The first kappa shape index (κ1) is 21.0. The average molecular weight is 411 g/mol. The molecule has 1 atom stereocenters. The molecule has 7 heteroatoms. The van der Waals surface area contributed by atoms with E-state index in [4.69, 9.17) is 0 Å². The standard InChI is InChI=1S/C22H26N4O2S/c1-14-8-7-9-15(2)21(14)25-19(27)12-23-20(28)13-26(4)16(3)22-24-17-10-5-6-11-18(17)29-22/h5-11,16H,12-13H2,1-4H3,(H,23,28)(H,25,27)/t16-/m0/s1. The first-order valence-corrected chi connectivity index (χ1v) is 10.3. The second-order valence-electron chi connectivity index (χ2n) is 7.20. The van der Waals surface area contributed by atoms with Gasteiger partial charge in [0.05, 0.1) is 29.3 Å². The van der Waals surface area contributed by atoms with Crippen molar-refractivity contribution in [1.29, 1.82) is 0 Å². The van der Waals surface area contributed by atoms with E-state index < -0.39 is 0 Å². The number of amides is 2. The summed E-state index contributed by atoms with van der Waals surface area (Å²) in [5, 5.41) is 6.54. The van der Waals surface area contributed by atoms with Crippen molar-refractivity contribution < 1.29 is 9.59 Å². The first-order chi connectivity index (χ1) is 13.8. The van der Waals surface area contributed by atoms with E-state index in [1.807, 2.05) is 75.2 Å². The molecule has 1 heterocycles. The molecule has 0 fully saturated rings. The van der Waals surface area contributed by atoms with E-state index in [1.165, 1.54) is 0 Å². The van der Waals surface area contributed by atoms with Crippen molar-refractivity contribution in [3.05, 3.63) is 58.6 Å². The SMILES string of the molecule is Cc1cccc(C)c1NC(=O)CNC(=O)CN(C)[C@@H](C)c1nc2ccccc2s1. The summed E-state index contributed by atoms with van der Waals surface area (Å²) in [7, 11) is 1.88. The van der Waals surface area contributed by atoms with Crippen LogP contribution < -0.4 is 10.6 Å². The molecular formula is C22H26N4O2S. The Bertz CT molecular complexity index is 977. The predicted octanol–water partition coefficient (Wildman–Crippen LogP) is 3.66. The van der Waals surface area contributed by atoms with Crippen LogP contribution >= 0.6 is 11.3 Å². The molecule has 2 N–H and O–H groups in total. The minimum atomic E-state index is -0.238. The number of anilines is 1. The number of carbonyl (C=O) groups is 2. The summed E-state index contributed by atoms with van der Waals surface area (Å²) >= 11 is 1.63. The highest BCUT2D eigenvalue weighted by Crippen LogP contribution is 2.28. The van der Waals surface area contributed by atoms with Crippen molar-refractivity contribution in [1.82, 2.24) is 15.2 Å². The lowest BCUT2D eigenvalue weighted by Gasteiger charge is -2.22. The summed E-state index contributed by atoms with van der Waals surface area (Å²) in [6, 6.07) is 13.8. The van der Waals surface area contributed by atoms with Crippen molar-refractivity contribution in [2.24, 2.45) is 0 Å². The number of hydrogen-bond acceptors (Lipinski definition) is 5. The highest BCUT2D eigenvalue weighted by Gasteiger charge is 2.19. The van der Waals surface area contributed by atoms with Gasteiger partial charge in [0.1, 0.15) is 5.01 Å². The zero-order valence-corrected chi connectivity index (χ0v) is 18.0. The van der Waals surface area contributed by atoms with Gasteiger partial charge in [-0.2, -0.15) is 0 Å². The number of nitrogens with one attached hydrogen (secondary N) is 2. The molecule has 0 unspecified atom stereocenters. The molecule has 0 aliphatic rings. The molecule has 0 saturated carbocycles. The maximum atomic E-state index is 12.3. The number of aromatic nitrogens is 1. The fourth-order valence-electron chi connectivity index (χ4n) is 3.05. The van der Waals surface area contributed by atoms with Crippen LogP contribution in [0, 0.1) is 13.8 Å². The Balaban J connectivity index is 1.51. The smallest absolute Gasteiger partial charge is 0.243 e. The van der Waals surface area contributed by atoms with Crippen LogP contribution in [0.4, 0.5) is 5.69 Å². The average Bonchev–Trinajstić information content (AvgIpc) is 3.13. The van der Waals surface area contributed by atoms with Crippen LogP contribution in [0.15, 0.2) is 42.5 Å². The van der Waals surface area contributed by atoms with E-state index in [-0.39, 0.29) is 30.9 Å². The monoisotopic (exact) mass is 410 g/mol. The normalized spacial score (nSPS) is 12.2. The van der Waals surface area contributed by atoms with E-state index >= 15 is 0 Å². The van der Waals surface area contributed by atoms with Crippen molar-refractivity contribution in [2.75, 3.05) is 25.5 Å². The zero-order chi connectivity index (χ0) is 21.0. The molecule has 3 rings (SSSR count). The summed E-state index contributed by atoms with van der Waals surface area (Å²) in [5.74, 6) is -0.435. The fraction of sp³-hybridized carbons (Fsp3) is 0.318. The summed E-state index contributed by atoms with van der Waals surface area (Å²) in [6.45, 7) is 6.04. The third kappa shape index (κ3) is 5.19. The van der Waals surface area contributed by atoms with Crippen LogP contribution in [-0.2, 0) is 9.59 Å². The summed E-state index contributed by atoms with van der Waals surface area (Å²) in [4.78, 5) is 31.1. The number of thiazole rings is 1. The predicted molar refractivity (Wildman–Crippen MR) is 118 cm³/mol. The molecule has 0 aliphatic heterocycles. The van der Waals surface area contributed by atoms with Gasteiger partial charge < -0.3 is 10.6 Å². The van der Waals surface area contributed by atoms with E-state index in [1.54, 1.807) is 11.3 Å². The summed E-state index contributed by atoms with van der Waals surface area (Å²) < 4.78 is 1.13. The molecule has 0 radical (unpaired) electrons. The maximum Gasteiger partial charge on any atom is 0.243 e. The van der Waals surface area contributed by atoms with Gasteiger partial charge in [-0.15, -0.1) is 11.3 Å². The second-order valence-corrected chi connectivity index (χ2v) is 8.26. The molecule has 152 valence electrons. The molecule has 0 bridgehead atoms. The third-order valence-corrected chi connectivity index (χ3v) is 6.12. The van der Waals surface area contributed by atoms with Crippen molar-refractivity contribution in [3.8, 4) is 0 Å². The van der Waals surface area contributed by atoms with Gasteiger partial charge in [0, 0.05) is 5.69 Å². The summed E-state index contributed by atoms with van der Waals surface area (Å²) in [5.41, 5.74) is 3.76. The Morgan fingerprint density at radius 2 is 1.76 bits per heavy atom. The van der Waals surface area contributed by atoms with Crippen LogP contribution in [0.3, 0.4) is 0 Å². The molecule has 2 aromatic carbocycles. The highest BCUT2D eigenvalue weighted by atomic mass is 32.1. The first-order valence-electron chi connectivity index (χ1n) is 9.53. The number of para-hydroxylation sites is 2. The zero-order valence-electron chi connectivity index (χ0n) is 17.2. The molecule has 0 saturated heterocycles. The topological polar surface area (TPSA) is 74.3 Å². The van der Waals surface area contributed by atoms with E-state index in [0.29, 0.717) is 0 Å². The number of nitrogens with zero attached hydrogens (tertiary/aromatic N) is 2. The van der Waals surface area contributed by atoms with Crippen LogP contribution in [0.5, 0.6) is 0 Å². The number of benzene rings is 2. The van der Waals surface area contributed by atoms with Crippen molar-refractivity contribution >= 4 is 39.1 Å². The Kier molecular flexibility index (Phi) is 6.61. The van der Waals surface area contributed by atoms with Crippen LogP contribution in [0.1, 0.15) is 29.1 Å². The highest BCUT2D eigenvalue weighted by molar-refractivity contribution is 7.18. The van der Waals surface area contributed by atoms with Crippen molar-refractivity contribution in [3.63, 3.8) is 0 Å². The fourth-order valence-corrected chi connectivity index (χ4v) is 4.14. The second kappa shape index (κ2) is 9.15. The molecule has 0 spiro atoms. The molecule has 29 heavy (non-hydrogen) atoms. The molecule has 3 aromatic rings. The van der Waals surface area contributed by atoms with Gasteiger partial charge in [-0.1, -0.05) is 30.3 Å². The Morgan fingerprint density at radius 1 is 1.07 bits per heavy atom. The Labute approximate surface area is 174 Å². The van der Waals surface area contributed by atoms with E-state index in [0.717, 1.165) is 32.0 Å². The summed E-state index contributed by atoms with van der Waals surface area (Å²) in [6.07, 6.45) is 0. The van der Waals surface area contributed by atoms with E-state index in [9.17, 15) is 9.59 Å². The molecular weight excluding hydrogens is 384 g/mol. The van der Waals surface area contributed by atoms with Crippen LogP contribution in [0.25, 0.3) is 10.2 Å². The van der Waals surface area contributed by atoms with Gasteiger partial charge in [0.25, 0.3) is 0 Å². The number of rotatable bonds is 7. The number of likely N-dealkylation sites (N-methyl/N-ethyl adjacent to an activating group) is 1. The van der Waals surface area contributed by atoms with E-state index in [2.05, 4.69) is 15.6 Å². The van der Waals surface area contributed by atoms with Gasteiger partial charge >= 0.3 is 0 Å². The quantitative estimate of drug-likeness (QED) is 0.623. The van der Waals surface area contributed by atoms with Gasteiger partial charge in [-0.25, -0.2) is 4.98 Å². The number of fused-ring (bicyclic) bond motifs is 1. The third-order valence-electron chi connectivity index (χ3n) is 4.91. The van der Waals surface area contributed by atoms with Crippen LogP contribution in [-0.4, -0.2) is 41.8 Å². The molecule has 6 nitrogen and oxygen atoms in total. The number of aryl methyl sites for hydroxylation is 2.